The van der Waals surface area contributed by atoms with Gasteiger partial charge >= 0.3 is 11.3 Å². The second kappa shape index (κ2) is 11.3. The van der Waals surface area contributed by atoms with Gasteiger partial charge in [0.25, 0.3) is 0 Å². The van der Waals surface area contributed by atoms with Gasteiger partial charge in [0.2, 0.25) is 11.5 Å². The van der Waals surface area contributed by atoms with Crippen LogP contribution >= 0.6 is 0 Å². The molecule has 12 nitrogen and oxygen atoms in total. The fourth-order valence-electron chi connectivity index (χ4n) is 5.11. The quantitative estimate of drug-likeness (QED) is 0.183. The van der Waals surface area contributed by atoms with Gasteiger partial charge in [-0.3, -0.25) is 0 Å². The number of benzene rings is 2. The van der Waals surface area contributed by atoms with Gasteiger partial charge in [0.05, 0.1) is 41.6 Å². The molecule has 0 aliphatic carbocycles. The van der Waals surface area contributed by atoms with E-state index in [-0.39, 0.29) is 41.5 Å². The Morgan fingerprint density at radius 1 is 0.733 bits per heavy atom. The lowest BCUT2D eigenvalue weighted by molar-refractivity contribution is -0.197. The maximum atomic E-state index is 12.1. The molecule has 0 aliphatic heterocycles. The first kappa shape index (κ1) is 30.3. The first-order chi connectivity index (χ1) is 21.4. The van der Waals surface area contributed by atoms with Crippen molar-refractivity contribution in [3.05, 3.63) is 75.8 Å². The molecule has 0 bridgehead atoms. The molecule has 0 fully saturated rings. The predicted octanol–water partition coefficient (Wildman–Crippen LogP) is 5.15. The third-order valence-corrected chi connectivity index (χ3v) is 7.69. The smallest absolute Gasteiger partial charge is 0.336 e. The predicted molar refractivity (Wildman–Crippen MR) is 163 cm³/mol. The molecule has 2 atom stereocenters. The van der Waals surface area contributed by atoms with E-state index in [2.05, 4.69) is 0 Å². The first-order valence-corrected chi connectivity index (χ1v) is 14.2. The van der Waals surface area contributed by atoms with Crippen LogP contribution in [0.3, 0.4) is 0 Å². The van der Waals surface area contributed by atoms with Crippen molar-refractivity contribution in [3.8, 4) is 17.2 Å². The lowest BCUT2D eigenvalue weighted by atomic mass is 9.97. The van der Waals surface area contributed by atoms with Crippen molar-refractivity contribution in [1.82, 2.24) is 0 Å². The Morgan fingerprint density at radius 2 is 1.33 bits per heavy atom. The number of furan rings is 2. The summed E-state index contributed by atoms with van der Waals surface area (Å²) in [6.07, 6.45) is 0.694. The van der Waals surface area contributed by atoms with Crippen molar-refractivity contribution in [3.63, 3.8) is 0 Å². The molecule has 45 heavy (non-hydrogen) atoms. The Balaban J connectivity index is 1.25. The molecule has 0 amide bonds. The van der Waals surface area contributed by atoms with Crippen molar-refractivity contribution >= 4 is 43.9 Å². The number of hydrogen-bond acceptors (Lipinski definition) is 12. The minimum atomic E-state index is -1.44. The summed E-state index contributed by atoms with van der Waals surface area (Å²) in [5.74, 6) is 0.736. The van der Waals surface area contributed by atoms with Crippen LogP contribution in [0, 0.1) is 0 Å². The van der Waals surface area contributed by atoms with E-state index < -0.39 is 34.7 Å². The fraction of sp³-hybridized carbons (Fsp3) is 0.333. The van der Waals surface area contributed by atoms with Crippen LogP contribution in [0.15, 0.2) is 82.2 Å². The highest BCUT2D eigenvalue weighted by Gasteiger charge is 2.39. The summed E-state index contributed by atoms with van der Waals surface area (Å²) < 4.78 is 46.1. The van der Waals surface area contributed by atoms with Crippen LogP contribution in [0.25, 0.3) is 43.9 Å². The molecular weight excluding hydrogens is 588 g/mol. The zero-order valence-corrected chi connectivity index (χ0v) is 25.2. The van der Waals surface area contributed by atoms with Crippen LogP contribution in [-0.4, -0.2) is 53.9 Å². The van der Waals surface area contributed by atoms with Gasteiger partial charge in [-0.05, 0) is 58.0 Å². The molecule has 4 heterocycles. The van der Waals surface area contributed by atoms with Crippen LogP contribution in [0.2, 0.25) is 0 Å². The van der Waals surface area contributed by atoms with E-state index in [0.717, 1.165) is 5.39 Å². The second-order valence-electron chi connectivity index (χ2n) is 11.7. The van der Waals surface area contributed by atoms with Gasteiger partial charge in [0.1, 0.15) is 31.2 Å². The highest BCUT2D eigenvalue weighted by Crippen LogP contribution is 2.43. The Kier molecular flexibility index (Phi) is 7.59. The normalized spacial score (nSPS) is 13.9. The van der Waals surface area contributed by atoms with Crippen molar-refractivity contribution in [2.75, 3.05) is 20.3 Å². The molecule has 4 aromatic heterocycles. The van der Waals surface area contributed by atoms with Crippen LogP contribution in [0.5, 0.6) is 17.2 Å². The maximum absolute atomic E-state index is 12.1. The highest BCUT2D eigenvalue weighted by molar-refractivity contribution is 6.06. The highest BCUT2D eigenvalue weighted by atomic mass is 16.6. The molecule has 0 radical (unpaired) electrons. The van der Waals surface area contributed by atoms with Gasteiger partial charge in [0.15, 0.2) is 22.3 Å². The summed E-state index contributed by atoms with van der Waals surface area (Å²) in [6, 6.07) is 11.0. The molecule has 0 saturated heterocycles. The summed E-state index contributed by atoms with van der Waals surface area (Å²) in [7, 11) is 1.49. The largest absolute Gasteiger partial charge is 0.495 e. The molecule has 12 heteroatoms. The van der Waals surface area contributed by atoms with E-state index in [4.69, 9.17) is 36.6 Å². The molecule has 0 saturated carbocycles. The van der Waals surface area contributed by atoms with E-state index in [1.807, 2.05) is 0 Å². The molecule has 2 unspecified atom stereocenters. The summed E-state index contributed by atoms with van der Waals surface area (Å²) in [6.45, 7) is 5.86. The summed E-state index contributed by atoms with van der Waals surface area (Å²) in [5, 5.41) is 24.8. The average molecular weight is 621 g/mol. The molecule has 236 valence electrons. The van der Waals surface area contributed by atoms with E-state index in [1.165, 1.54) is 31.8 Å². The Labute approximate surface area is 255 Å². The maximum Gasteiger partial charge on any atom is 0.336 e. The second-order valence-corrected chi connectivity index (χ2v) is 11.7. The topological polar surface area (TPSA) is 164 Å². The fourth-order valence-corrected chi connectivity index (χ4v) is 5.11. The van der Waals surface area contributed by atoms with Gasteiger partial charge in [-0.25, -0.2) is 9.59 Å². The van der Waals surface area contributed by atoms with Gasteiger partial charge in [0, 0.05) is 22.9 Å². The van der Waals surface area contributed by atoms with Gasteiger partial charge < -0.3 is 46.8 Å². The molecular formula is C33H32O12. The molecule has 6 rings (SSSR count). The summed E-state index contributed by atoms with van der Waals surface area (Å²) in [5.41, 5.74) is -2.98. The monoisotopic (exact) mass is 620 g/mol. The SMILES string of the molecule is COc1c2ccoc2c(OCC(O)C(C)(C)OC(COc2c3occc3cc3ccc(=O)oc23)C(C)(C)O)c2oc(=O)ccc12. The van der Waals surface area contributed by atoms with Crippen LogP contribution in [0.1, 0.15) is 27.7 Å². The van der Waals surface area contributed by atoms with Crippen LogP contribution in [0.4, 0.5) is 0 Å². The van der Waals surface area contributed by atoms with Crippen LogP contribution in [-0.2, 0) is 4.74 Å². The molecule has 0 aliphatic rings. The van der Waals surface area contributed by atoms with Crippen molar-refractivity contribution in [2.24, 2.45) is 0 Å². The number of fused-ring (bicyclic) bond motifs is 4. The number of aliphatic hydroxyl groups excluding tert-OH is 1. The molecule has 2 aromatic carbocycles. The molecule has 6 aromatic rings. The zero-order valence-electron chi connectivity index (χ0n) is 25.2. The Morgan fingerprint density at radius 3 is 2.07 bits per heavy atom. The summed E-state index contributed by atoms with van der Waals surface area (Å²) in [4.78, 5) is 24.1. The number of ether oxygens (including phenoxy) is 4. The van der Waals surface area contributed by atoms with Gasteiger partial charge in [-0.15, -0.1) is 0 Å². The minimum absolute atomic E-state index is 0.0986. The Hall–Kier alpha value is -4.78. The lowest BCUT2D eigenvalue weighted by Gasteiger charge is -2.39. The van der Waals surface area contributed by atoms with E-state index in [9.17, 15) is 19.8 Å². The number of hydrogen-bond donors (Lipinski definition) is 2. The van der Waals surface area contributed by atoms with E-state index in [1.54, 1.807) is 58.0 Å². The first-order valence-electron chi connectivity index (χ1n) is 14.2. The van der Waals surface area contributed by atoms with Crippen molar-refractivity contribution in [2.45, 2.75) is 51.1 Å². The van der Waals surface area contributed by atoms with Crippen LogP contribution < -0.4 is 25.5 Å². The van der Waals surface area contributed by atoms with Crippen molar-refractivity contribution in [1.29, 1.82) is 0 Å². The number of methoxy groups -OCH3 is 1. The molecule has 2 N–H and O–H groups in total. The third kappa shape index (κ3) is 5.63. The minimum Gasteiger partial charge on any atom is -0.495 e. The molecule has 0 spiro atoms. The lowest BCUT2D eigenvalue weighted by Crippen LogP contribution is -2.52. The van der Waals surface area contributed by atoms with E-state index >= 15 is 0 Å². The van der Waals surface area contributed by atoms with Gasteiger partial charge in [-0.2, -0.15) is 0 Å². The average Bonchev–Trinajstić information content (AvgIpc) is 3.66. The van der Waals surface area contributed by atoms with Gasteiger partial charge in [-0.1, -0.05) is 0 Å². The third-order valence-electron chi connectivity index (χ3n) is 7.69. The van der Waals surface area contributed by atoms with Crippen molar-refractivity contribution < 1.29 is 46.8 Å². The standard InChI is InChI=1S/C33H32O12/c1-32(2,37)22(16-42-30-25-18(10-12-39-25)14-17-6-8-23(35)43-26(17)30)45-33(3,4)21(34)15-41-31-28-20(11-13-40-28)27(38-5)19-7-9-24(36)44-29(19)31/h6-14,21-22,34,37H,15-16H2,1-5H3. The number of rotatable bonds is 11. The number of aliphatic hydroxyl groups is 2. The summed E-state index contributed by atoms with van der Waals surface area (Å²) >= 11 is 0. The zero-order chi connectivity index (χ0) is 32.1. The Bertz CT molecular complexity index is 2120. The van der Waals surface area contributed by atoms with E-state index in [0.29, 0.717) is 27.5 Å².